The molecule has 0 aliphatic heterocycles. The second-order valence-electron chi connectivity index (χ2n) is 10.6. The number of amides is 2. The lowest BCUT2D eigenvalue weighted by atomic mass is 9.95. The lowest BCUT2D eigenvalue weighted by Gasteiger charge is -2.34. The quantitative estimate of drug-likeness (QED) is 0.220. The molecule has 1 atom stereocenters. The Bertz CT molecular complexity index is 1540. The van der Waals surface area contributed by atoms with Crippen molar-refractivity contribution in [2.24, 2.45) is 0 Å². The lowest BCUT2D eigenvalue weighted by molar-refractivity contribution is -0.139. The fourth-order valence-electron chi connectivity index (χ4n) is 5.19. The molecule has 3 aromatic carbocycles. The van der Waals surface area contributed by atoms with Gasteiger partial charge in [-0.2, -0.15) is 0 Å². The van der Waals surface area contributed by atoms with E-state index in [-0.39, 0.29) is 41.4 Å². The third-order valence-electron chi connectivity index (χ3n) is 7.62. The number of nitrogens with zero attached hydrogens (tertiary/aromatic N) is 2. The summed E-state index contributed by atoms with van der Waals surface area (Å²) in [5.41, 5.74) is 0.621. The Morgan fingerprint density at radius 1 is 0.932 bits per heavy atom. The molecule has 236 valence electrons. The summed E-state index contributed by atoms with van der Waals surface area (Å²) in [6, 6.07) is 16.3. The van der Waals surface area contributed by atoms with Gasteiger partial charge in [-0.1, -0.05) is 72.3 Å². The van der Waals surface area contributed by atoms with Gasteiger partial charge < -0.3 is 15.0 Å². The van der Waals surface area contributed by atoms with E-state index in [1.54, 1.807) is 56.3 Å². The van der Waals surface area contributed by atoms with Crippen LogP contribution in [0.2, 0.25) is 15.1 Å². The Labute approximate surface area is 274 Å². The molecule has 0 radical (unpaired) electrons. The maximum absolute atomic E-state index is 14.3. The van der Waals surface area contributed by atoms with Gasteiger partial charge in [-0.25, -0.2) is 8.42 Å². The van der Waals surface area contributed by atoms with Crippen molar-refractivity contribution in [2.75, 3.05) is 17.5 Å². The number of carbonyl (C=O) groups is 2. The predicted molar refractivity (Wildman–Crippen MR) is 175 cm³/mol. The molecule has 0 spiro atoms. The van der Waals surface area contributed by atoms with E-state index >= 15 is 0 Å². The first-order chi connectivity index (χ1) is 21.0. The third kappa shape index (κ3) is 8.18. The summed E-state index contributed by atoms with van der Waals surface area (Å²) in [6.07, 6.45) is 4.90. The molecule has 4 rings (SSSR count). The minimum atomic E-state index is -4.30. The number of hydrogen-bond donors (Lipinski definition) is 1. The van der Waals surface area contributed by atoms with Crippen LogP contribution in [-0.2, 0) is 26.2 Å². The molecule has 44 heavy (non-hydrogen) atoms. The predicted octanol–water partition coefficient (Wildman–Crippen LogP) is 7.11. The molecule has 0 unspecified atom stereocenters. The SMILES string of the molecule is CCOc1ccccc1N(CC(=O)N(Cc1c(Cl)cccc1Cl)[C@H](C)C(=O)NC1CCCCC1)S(=O)(=O)c1ccc(Cl)cc1. The average molecular weight is 681 g/mol. The van der Waals surface area contributed by atoms with Crippen molar-refractivity contribution in [3.63, 3.8) is 0 Å². The van der Waals surface area contributed by atoms with Gasteiger partial charge in [0.05, 0.1) is 17.2 Å². The van der Waals surface area contributed by atoms with Crippen LogP contribution in [0.15, 0.2) is 71.6 Å². The Balaban J connectivity index is 1.75. The summed E-state index contributed by atoms with van der Waals surface area (Å²) in [5.74, 6) is -0.685. The highest BCUT2D eigenvalue weighted by Gasteiger charge is 2.35. The van der Waals surface area contributed by atoms with Gasteiger partial charge >= 0.3 is 0 Å². The minimum Gasteiger partial charge on any atom is -0.492 e. The number of halogens is 3. The second-order valence-corrected chi connectivity index (χ2v) is 13.7. The maximum Gasteiger partial charge on any atom is 0.264 e. The summed E-state index contributed by atoms with van der Waals surface area (Å²) in [4.78, 5) is 29.1. The van der Waals surface area contributed by atoms with Crippen molar-refractivity contribution in [1.82, 2.24) is 10.2 Å². The van der Waals surface area contributed by atoms with E-state index in [9.17, 15) is 18.0 Å². The number of carbonyl (C=O) groups excluding carboxylic acids is 2. The zero-order chi connectivity index (χ0) is 31.9. The molecule has 0 heterocycles. The van der Waals surface area contributed by atoms with E-state index in [0.717, 1.165) is 36.4 Å². The van der Waals surface area contributed by atoms with Crippen molar-refractivity contribution >= 4 is 62.3 Å². The smallest absolute Gasteiger partial charge is 0.264 e. The second kappa shape index (κ2) is 15.3. The van der Waals surface area contributed by atoms with Crippen LogP contribution >= 0.6 is 34.8 Å². The number of rotatable bonds is 12. The van der Waals surface area contributed by atoms with Gasteiger partial charge in [0.1, 0.15) is 18.3 Å². The van der Waals surface area contributed by atoms with Crippen LogP contribution in [0.25, 0.3) is 0 Å². The number of hydrogen-bond acceptors (Lipinski definition) is 5. The molecule has 2 amide bonds. The summed E-state index contributed by atoms with van der Waals surface area (Å²) >= 11 is 19.0. The fourth-order valence-corrected chi connectivity index (χ4v) is 7.26. The van der Waals surface area contributed by atoms with Crippen LogP contribution < -0.4 is 14.4 Å². The van der Waals surface area contributed by atoms with Crippen LogP contribution in [-0.4, -0.2) is 50.4 Å². The summed E-state index contributed by atoms with van der Waals surface area (Å²) in [7, 11) is -4.30. The van der Waals surface area contributed by atoms with Gasteiger partial charge in [-0.3, -0.25) is 13.9 Å². The Morgan fingerprint density at radius 3 is 2.20 bits per heavy atom. The highest BCUT2D eigenvalue weighted by Crippen LogP contribution is 2.34. The summed E-state index contributed by atoms with van der Waals surface area (Å²) in [6.45, 7) is 2.93. The number of ether oxygens (including phenoxy) is 1. The van der Waals surface area contributed by atoms with Gasteiger partial charge in [0.25, 0.3) is 10.0 Å². The summed E-state index contributed by atoms with van der Waals surface area (Å²) in [5, 5.41) is 4.08. The first-order valence-electron chi connectivity index (χ1n) is 14.6. The molecule has 1 saturated carbocycles. The number of anilines is 1. The Kier molecular flexibility index (Phi) is 11.8. The number of nitrogens with one attached hydrogen (secondary N) is 1. The molecule has 12 heteroatoms. The van der Waals surface area contributed by atoms with Gasteiger partial charge in [-0.05, 0) is 75.2 Å². The summed E-state index contributed by atoms with van der Waals surface area (Å²) < 4.78 is 35.0. The topological polar surface area (TPSA) is 96.0 Å². The number of sulfonamides is 1. The van der Waals surface area contributed by atoms with E-state index in [2.05, 4.69) is 5.32 Å². The van der Waals surface area contributed by atoms with Crippen LogP contribution in [0.3, 0.4) is 0 Å². The van der Waals surface area contributed by atoms with E-state index in [1.165, 1.54) is 29.2 Å². The largest absolute Gasteiger partial charge is 0.492 e. The molecule has 1 aliphatic carbocycles. The van der Waals surface area contributed by atoms with Crippen LogP contribution in [0.1, 0.15) is 51.5 Å². The van der Waals surface area contributed by atoms with Crippen LogP contribution in [0, 0.1) is 0 Å². The number of para-hydroxylation sites is 2. The van der Waals surface area contributed by atoms with Crippen molar-refractivity contribution < 1.29 is 22.7 Å². The van der Waals surface area contributed by atoms with Gasteiger partial charge in [0.15, 0.2) is 0 Å². The molecule has 0 aromatic heterocycles. The van der Waals surface area contributed by atoms with Crippen LogP contribution in [0.5, 0.6) is 5.75 Å². The van der Waals surface area contributed by atoms with Gasteiger partial charge in [-0.15, -0.1) is 0 Å². The van der Waals surface area contributed by atoms with E-state index in [4.69, 9.17) is 39.5 Å². The van der Waals surface area contributed by atoms with Gasteiger partial charge in [0, 0.05) is 33.2 Å². The molecule has 1 aliphatic rings. The average Bonchev–Trinajstić information content (AvgIpc) is 3.00. The Morgan fingerprint density at radius 2 is 1.57 bits per heavy atom. The van der Waals surface area contributed by atoms with Crippen molar-refractivity contribution in [2.45, 2.75) is 69.5 Å². The third-order valence-corrected chi connectivity index (χ3v) is 10.4. The molecule has 1 fully saturated rings. The highest BCUT2D eigenvalue weighted by atomic mass is 35.5. The van der Waals surface area contributed by atoms with Gasteiger partial charge in [0.2, 0.25) is 11.8 Å². The molecular formula is C32H36Cl3N3O5S. The zero-order valence-corrected chi connectivity index (χ0v) is 27.7. The zero-order valence-electron chi connectivity index (χ0n) is 24.6. The van der Waals surface area contributed by atoms with Crippen molar-refractivity contribution in [3.8, 4) is 5.75 Å². The molecule has 8 nitrogen and oxygen atoms in total. The first kappa shape index (κ1) is 33.9. The van der Waals surface area contributed by atoms with Crippen molar-refractivity contribution in [1.29, 1.82) is 0 Å². The van der Waals surface area contributed by atoms with E-state index in [1.807, 2.05) is 0 Å². The first-order valence-corrected chi connectivity index (χ1v) is 17.1. The highest BCUT2D eigenvalue weighted by molar-refractivity contribution is 7.92. The molecule has 3 aromatic rings. The fraction of sp³-hybridized carbons (Fsp3) is 0.375. The Hall–Kier alpha value is -2.98. The normalized spacial score (nSPS) is 14.5. The van der Waals surface area contributed by atoms with E-state index in [0.29, 0.717) is 20.6 Å². The van der Waals surface area contributed by atoms with Crippen molar-refractivity contribution in [3.05, 3.63) is 87.4 Å². The molecule has 1 N–H and O–H groups in total. The maximum atomic E-state index is 14.3. The monoisotopic (exact) mass is 679 g/mol. The molecule has 0 bridgehead atoms. The standard InChI is InChI=1S/C32H36Cl3N3O5S/c1-3-43-30-15-8-7-14-29(30)38(44(41,42)25-18-16-23(33)17-19-25)21-31(39)37(20-26-27(34)12-9-13-28(26)35)22(2)32(40)36-24-10-5-4-6-11-24/h7-9,12-19,22,24H,3-6,10-11,20-21H2,1-2H3,(H,36,40)/t22-/m1/s1. The van der Waals surface area contributed by atoms with E-state index < -0.39 is 28.5 Å². The molecular weight excluding hydrogens is 645 g/mol. The minimum absolute atomic E-state index is 0.0133. The molecule has 0 saturated heterocycles. The lowest BCUT2D eigenvalue weighted by Crippen LogP contribution is -2.53. The number of benzene rings is 3. The van der Waals surface area contributed by atoms with Crippen LogP contribution in [0.4, 0.5) is 5.69 Å².